The van der Waals surface area contributed by atoms with Crippen LogP contribution in [0.5, 0.6) is 0 Å². The zero-order valence-corrected chi connectivity index (χ0v) is 9.33. The largest absolute Gasteiger partial charge is 0.461 e. The fourth-order valence-electron chi connectivity index (χ4n) is 1.29. The van der Waals surface area contributed by atoms with Crippen molar-refractivity contribution in [1.82, 2.24) is 4.98 Å². The van der Waals surface area contributed by atoms with Crippen molar-refractivity contribution in [2.45, 2.75) is 20.3 Å². The zero-order chi connectivity index (χ0) is 13.0. The molecule has 0 amide bonds. The van der Waals surface area contributed by atoms with Crippen molar-refractivity contribution in [3.63, 3.8) is 0 Å². The second kappa shape index (κ2) is 5.34. The standard InChI is InChI=1S/C11H10F2N2O2/c1-3-17-11(16)9-7(5-14)4-6(2)8(15-9)10(12)13/h4,10H,3H2,1-2H3. The quantitative estimate of drug-likeness (QED) is 0.761. The molecule has 6 heteroatoms. The topological polar surface area (TPSA) is 63.0 Å². The highest BCUT2D eigenvalue weighted by atomic mass is 19.3. The summed E-state index contributed by atoms with van der Waals surface area (Å²) in [5.74, 6) is -0.869. The molecule has 1 rings (SSSR count). The molecule has 1 heterocycles. The van der Waals surface area contributed by atoms with Gasteiger partial charge in [0.25, 0.3) is 6.43 Å². The molecule has 0 unspecified atom stereocenters. The predicted molar refractivity (Wildman–Crippen MR) is 54.6 cm³/mol. The van der Waals surface area contributed by atoms with Gasteiger partial charge in [-0.1, -0.05) is 0 Å². The van der Waals surface area contributed by atoms with Crippen LogP contribution >= 0.6 is 0 Å². The van der Waals surface area contributed by atoms with Crippen LogP contribution in [-0.4, -0.2) is 17.6 Å². The minimum Gasteiger partial charge on any atom is -0.461 e. The van der Waals surface area contributed by atoms with Crippen LogP contribution in [0, 0.1) is 18.3 Å². The number of hydrogen-bond acceptors (Lipinski definition) is 4. The Morgan fingerprint density at radius 3 is 2.76 bits per heavy atom. The molecule has 0 N–H and O–H groups in total. The van der Waals surface area contributed by atoms with E-state index in [1.54, 1.807) is 13.0 Å². The normalized spacial score (nSPS) is 10.1. The summed E-state index contributed by atoms with van der Waals surface area (Å²) in [5.41, 5.74) is -0.766. The summed E-state index contributed by atoms with van der Waals surface area (Å²) < 4.78 is 29.8. The maximum atomic E-state index is 12.6. The lowest BCUT2D eigenvalue weighted by atomic mass is 10.1. The first-order valence-electron chi connectivity index (χ1n) is 4.88. The number of esters is 1. The highest BCUT2D eigenvalue weighted by Gasteiger charge is 2.21. The number of carbonyl (C=O) groups excluding carboxylic acids is 1. The number of nitriles is 1. The second-order valence-corrected chi connectivity index (χ2v) is 3.22. The number of nitrogens with zero attached hydrogens (tertiary/aromatic N) is 2. The lowest BCUT2D eigenvalue weighted by Crippen LogP contribution is -2.12. The number of aryl methyl sites for hydroxylation is 1. The van der Waals surface area contributed by atoms with Crippen LogP contribution in [0.1, 0.15) is 40.7 Å². The van der Waals surface area contributed by atoms with E-state index in [-0.39, 0.29) is 23.4 Å². The van der Waals surface area contributed by atoms with Gasteiger partial charge in [-0.25, -0.2) is 18.6 Å². The molecule has 0 spiro atoms. The van der Waals surface area contributed by atoms with E-state index in [0.29, 0.717) is 0 Å². The monoisotopic (exact) mass is 240 g/mol. The summed E-state index contributed by atoms with van der Waals surface area (Å²) in [5, 5.41) is 8.80. The third-order valence-electron chi connectivity index (χ3n) is 2.05. The number of rotatable bonds is 3. The number of aromatic nitrogens is 1. The van der Waals surface area contributed by atoms with Gasteiger partial charge in [-0.05, 0) is 25.5 Å². The molecule has 0 atom stereocenters. The van der Waals surface area contributed by atoms with Crippen molar-refractivity contribution in [1.29, 1.82) is 5.26 Å². The van der Waals surface area contributed by atoms with E-state index in [9.17, 15) is 13.6 Å². The lowest BCUT2D eigenvalue weighted by molar-refractivity contribution is 0.0517. The smallest absolute Gasteiger partial charge is 0.358 e. The fourth-order valence-corrected chi connectivity index (χ4v) is 1.29. The van der Waals surface area contributed by atoms with Gasteiger partial charge in [-0.3, -0.25) is 0 Å². The SMILES string of the molecule is CCOC(=O)c1nc(C(F)F)c(C)cc1C#N. The number of hydrogen-bond donors (Lipinski definition) is 0. The van der Waals surface area contributed by atoms with Gasteiger partial charge in [0.2, 0.25) is 0 Å². The van der Waals surface area contributed by atoms with Crippen molar-refractivity contribution in [3.05, 3.63) is 28.6 Å². The Morgan fingerprint density at radius 1 is 1.65 bits per heavy atom. The van der Waals surface area contributed by atoms with Gasteiger partial charge >= 0.3 is 5.97 Å². The number of pyridine rings is 1. The molecular weight excluding hydrogens is 230 g/mol. The van der Waals surface area contributed by atoms with Crippen LogP contribution < -0.4 is 0 Å². The van der Waals surface area contributed by atoms with Crippen LogP contribution in [0.3, 0.4) is 0 Å². The molecule has 4 nitrogen and oxygen atoms in total. The third-order valence-corrected chi connectivity index (χ3v) is 2.05. The van der Waals surface area contributed by atoms with Crippen LogP contribution in [0.15, 0.2) is 6.07 Å². The number of carbonyl (C=O) groups is 1. The van der Waals surface area contributed by atoms with Gasteiger partial charge in [-0.15, -0.1) is 0 Å². The summed E-state index contributed by atoms with van der Waals surface area (Å²) >= 11 is 0. The highest BCUT2D eigenvalue weighted by molar-refractivity contribution is 5.90. The average Bonchev–Trinajstić information content (AvgIpc) is 2.28. The van der Waals surface area contributed by atoms with Crippen molar-refractivity contribution >= 4 is 5.97 Å². The Hall–Kier alpha value is -2.03. The first-order valence-corrected chi connectivity index (χ1v) is 4.88. The van der Waals surface area contributed by atoms with Crippen molar-refractivity contribution in [3.8, 4) is 6.07 Å². The highest BCUT2D eigenvalue weighted by Crippen LogP contribution is 2.22. The van der Waals surface area contributed by atoms with Crippen LogP contribution in [0.4, 0.5) is 8.78 Å². The molecule has 0 aliphatic rings. The molecular formula is C11H10F2N2O2. The molecule has 17 heavy (non-hydrogen) atoms. The van der Waals surface area contributed by atoms with Crippen molar-refractivity contribution < 1.29 is 18.3 Å². The predicted octanol–water partition coefficient (Wildman–Crippen LogP) is 2.38. The Kier molecular flexibility index (Phi) is 4.10. The van der Waals surface area contributed by atoms with Gasteiger partial charge in [0, 0.05) is 0 Å². The minimum atomic E-state index is -2.80. The molecule has 0 saturated carbocycles. The molecule has 0 aliphatic carbocycles. The molecule has 1 aromatic heterocycles. The van der Waals surface area contributed by atoms with Crippen molar-refractivity contribution in [2.24, 2.45) is 0 Å². The van der Waals surface area contributed by atoms with Gasteiger partial charge in [0.1, 0.15) is 11.8 Å². The summed E-state index contributed by atoms with van der Waals surface area (Å²) in [6, 6.07) is 2.94. The van der Waals surface area contributed by atoms with E-state index in [1.165, 1.54) is 13.0 Å². The molecule has 0 aromatic carbocycles. The van der Waals surface area contributed by atoms with Crippen LogP contribution in [0.25, 0.3) is 0 Å². The van der Waals surface area contributed by atoms with Gasteiger partial charge in [-0.2, -0.15) is 5.26 Å². The number of alkyl halides is 2. The van der Waals surface area contributed by atoms with E-state index < -0.39 is 18.1 Å². The Morgan fingerprint density at radius 2 is 2.29 bits per heavy atom. The fraction of sp³-hybridized carbons (Fsp3) is 0.364. The van der Waals surface area contributed by atoms with Gasteiger partial charge in [0.05, 0.1) is 12.2 Å². The Bertz CT molecular complexity index is 481. The Labute approximate surface area is 96.8 Å². The Balaban J connectivity index is 3.32. The maximum Gasteiger partial charge on any atom is 0.358 e. The summed E-state index contributed by atoms with van der Waals surface area (Å²) in [6.07, 6.45) is -2.80. The maximum absolute atomic E-state index is 12.6. The van der Waals surface area contributed by atoms with Crippen LogP contribution in [-0.2, 0) is 4.74 Å². The van der Waals surface area contributed by atoms with E-state index in [4.69, 9.17) is 5.26 Å². The number of halogens is 2. The van der Waals surface area contributed by atoms with E-state index >= 15 is 0 Å². The first-order chi connectivity index (χ1) is 8.01. The molecule has 0 aliphatic heterocycles. The molecule has 0 saturated heterocycles. The van der Waals surface area contributed by atoms with Crippen LogP contribution in [0.2, 0.25) is 0 Å². The molecule has 90 valence electrons. The zero-order valence-electron chi connectivity index (χ0n) is 9.33. The minimum absolute atomic E-state index is 0.0645. The molecule has 1 aromatic rings. The van der Waals surface area contributed by atoms with Gasteiger partial charge in [0.15, 0.2) is 5.69 Å². The van der Waals surface area contributed by atoms with Crippen molar-refractivity contribution in [2.75, 3.05) is 6.61 Å². The molecule has 0 fully saturated rings. The van der Waals surface area contributed by atoms with E-state index in [1.807, 2.05) is 0 Å². The third kappa shape index (κ3) is 2.75. The summed E-state index contributed by atoms with van der Waals surface area (Å²) in [6.45, 7) is 3.07. The average molecular weight is 240 g/mol. The molecule has 0 bridgehead atoms. The van der Waals surface area contributed by atoms with Gasteiger partial charge < -0.3 is 4.74 Å². The second-order valence-electron chi connectivity index (χ2n) is 3.22. The summed E-state index contributed by atoms with van der Waals surface area (Å²) in [7, 11) is 0. The number of ether oxygens (including phenoxy) is 1. The lowest BCUT2D eigenvalue weighted by Gasteiger charge is -2.08. The first kappa shape index (κ1) is 13.0. The molecule has 0 radical (unpaired) electrons. The van der Waals surface area contributed by atoms with E-state index in [0.717, 1.165) is 0 Å². The van der Waals surface area contributed by atoms with E-state index in [2.05, 4.69) is 9.72 Å². The summed E-state index contributed by atoms with van der Waals surface area (Å²) in [4.78, 5) is 14.9.